The Bertz CT molecular complexity index is 669. The van der Waals surface area contributed by atoms with Gasteiger partial charge in [0.15, 0.2) is 0 Å². The van der Waals surface area contributed by atoms with Crippen molar-refractivity contribution in [2.75, 3.05) is 18.8 Å². The number of nitrogens with two attached hydrogens (primary N) is 1. The predicted octanol–water partition coefficient (Wildman–Crippen LogP) is 0.692. The summed E-state index contributed by atoms with van der Waals surface area (Å²) in [6.45, 7) is 0.747. The first-order valence-corrected chi connectivity index (χ1v) is 7.90. The summed E-state index contributed by atoms with van der Waals surface area (Å²) in [6, 6.07) is 6.21. The summed E-state index contributed by atoms with van der Waals surface area (Å²) < 4.78 is 32.4. The first-order valence-electron chi connectivity index (χ1n) is 6.46. The molecule has 1 aromatic rings. The molecule has 2 fully saturated rings. The van der Waals surface area contributed by atoms with Crippen LogP contribution in [0.5, 0.6) is 0 Å². The molecule has 2 atom stereocenters. The molecule has 2 saturated heterocycles. The molecule has 3 rings (SSSR count). The van der Waals surface area contributed by atoms with Crippen LogP contribution in [0.25, 0.3) is 0 Å². The van der Waals surface area contributed by atoms with Crippen LogP contribution in [-0.2, 0) is 14.8 Å². The van der Waals surface area contributed by atoms with Crippen LogP contribution in [-0.4, -0.2) is 38.0 Å². The zero-order valence-electron chi connectivity index (χ0n) is 10.8. The SMILES string of the molecule is N#Cc1ccc(S(=O)(=O)N2CC3CCC(C2)O3)c(N)c1. The van der Waals surface area contributed by atoms with Gasteiger partial charge in [-0.2, -0.15) is 9.57 Å². The average molecular weight is 293 g/mol. The third-order valence-electron chi connectivity index (χ3n) is 3.77. The number of nitriles is 1. The second-order valence-corrected chi connectivity index (χ2v) is 7.05. The van der Waals surface area contributed by atoms with Gasteiger partial charge < -0.3 is 10.5 Å². The Balaban J connectivity index is 1.94. The van der Waals surface area contributed by atoms with E-state index in [0.29, 0.717) is 18.7 Å². The Labute approximate surface area is 117 Å². The van der Waals surface area contributed by atoms with E-state index in [9.17, 15) is 8.42 Å². The molecule has 20 heavy (non-hydrogen) atoms. The lowest BCUT2D eigenvalue weighted by Crippen LogP contribution is -2.45. The maximum Gasteiger partial charge on any atom is 0.245 e. The molecule has 0 radical (unpaired) electrons. The lowest BCUT2D eigenvalue weighted by molar-refractivity contribution is -0.0114. The van der Waals surface area contributed by atoms with Gasteiger partial charge in [-0.05, 0) is 31.0 Å². The maximum atomic E-state index is 12.6. The third kappa shape index (κ3) is 2.16. The molecule has 0 amide bonds. The minimum atomic E-state index is -3.62. The molecule has 2 bridgehead atoms. The Morgan fingerprint density at radius 2 is 1.95 bits per heavy atom. The van der Waals surface area contributed by atoms with E-state index in [1.165, 1.54) is 22.5 Å². The maximum absolute atomic E-state index is 12.6. The molecule has 6 nitrogen and oxygen atoms in total. The summed E-state index contributed by atoms with van der Waals surface area (Å²) in [4.78, 5) is 0.0674. The van der Waals surface area contributed by atoms with Crippen molar-refractivity contribution in [1.82, 2.24) is 4.31 Å². The highest BCUT2D eigenvalue weighted by atomic mass is 32.2. The highest BCUT2D eigenvalue weighted by molar-refractivity contribution is 7.89. The van der Waals surface area contributed by atoms with Gasteiger partial charge in [0.05, 0.1) is 29.5 Å². The fraction of sp³-hybridized carbons (Fsp3) is 0.462. The Morgan fingerprint density at radius 1 is 1.30 bits per heavy atom. The smallest absolute Gasteiger partial charge is 0.245 e. The van der Waals surface area contributed by atoms with E-state index in [0.717, 1.165) is 12.8 Å². The number of ether oxygens (including phenoxy) is 1. The van der Waals surface area contributed by atoms with Crippen LogP contribution in [0.15, 0.2) is 23.1 Å². The Hall–Kier alpha value is -1.62. The van der Waals surface area contributed by atoms with Crippen molar-refractivity contribution < 1.29 is 13.2 Å². The normalized spacial score (nSPS) is 26.4. The molecule has 2 N–H and O–H groups in total. The molecule has 0 aromatic heterocycles. The monoisotopic (exact) mass is 293 g/mol. The molecule has 0 spiro atoms. The molecule has 106 valence electrons. The highest BCUT2D eigenvalue weighted by Gasteiger charge is 2.39. The lowest BCUT2D eigenvalue weighted by atomic mass is 10.2. The fourth-order valence-corrected chi connectivity index (χ4v) is 4.37. The summed E-state index contributed by atoms with van der Waals surface area (Å²) >= 11 is 0. The van der Waals surface area contributed by atoms with E-state index in [1.54, 1.807) is 0 Å². The first kappa shape index (κ1) is 13.4. The van der Waals surface area contributed by atoms with Crippen molar-refractivity contribution >= 4 is 15.7 Å². The minimum Gasteiger partial charge on any atom is -0.398 e. The van der Waals surface area contributed by atoms with E-state index in [4.69, 9.17) is 15.7 Å². The zero-order chi connectivity index (χ0) is 14.3. The summed E-state index contributed by atoms with van der Waals surface area (Å²) in [7, 11) is -3.62. The van der Waals surface area contributed by atoms with Crippen LogP contribution in [0.2, 0.25) is 0 Å². The van der Waals surface area contributed by atoms with Crippen molar-refractivity contribution in [1.29, 1.82) is 5.26 Å². The summed E-state index contributed by atoms with van der Waals surface area (Å²) in [5, 5.41) is 8.80. The molecular weight excluding hydrogens is 278 g/mol. The topological polar surface area (TPSA) is 96.4 Å². The minimum absolute atomic E-state index is 0.0110. The number of hydrogen-bond acceptors (Lipinski definition) is 5. The first-order chi connectivity index (χ1) is 9.50. The number of rotatable bonds is 2. The van der Waals surface area contributed by atoms with Gasteiger partial charge in [0, 0.05) is 13.1 Å². The van der Waals surface area contributed by atoms with Gasteiger partial charge in [-0.3, -0.25) is 0 Å². The van der Waals surface area contributed by atoms with Crippen LogP contribution >= 0.6 is 0 Å². The number of hydrogen-bond donors (Lipinski definition) is 1. The highest BCUT2D eigenvalue weighted by Crippen LogP contribution is 2.31. The molecule has 1 aromatic carbocycles. The average Bonchev–Trinajstić information content (AvgIpc) is 2.76. The van der Waals surface area contributed by atoms with E-state index in [1.807, 2.05) is 6.07 Å². The van der Waals surface area contributed by atoms with Gasteiger partial charge in [0.25, 0.3) is 0 Å². The van der Waals surface area contributed by atoms with Gasteiger partial charge in [-0.15, -0.1) is 0 Å². The summed E-state index contributed by atoms with van der Waals surface area (Å²) in [5.41, 5.74) is 6.25. The van der Waals surface area contributed by atoms with Gasteiger partial charge in [0.2, 0.25) is 10.0 Å². The predicted molar refractivity (Wildman–Crippen MR) is 72.2 cm³/mol. The molecule has 7 heteroatoms. The van der Waals surface area contributed by atoms with Gasteiger partial charge in [-0.25, -0.2) is 8.42 Å². The Morgan fingerprint density at radius 3 is 2.50 bits per heavy atom. The second kappa shape index (κ2) is 4.74. The molecular formula is C13H15N3O3S. The van der Waals surface area contributed by atoms with E-state index < -0.39 is 10.0 Å². The number of morpholine rings is 1. The number of nitrogens with zero attached hydrogens (tertiary/aromatic N) is 2. The lowest BCUT2D eigenvalue weighted by Gasteiger charge is -2.31. The van der Waals surface area contributed by atoms with Crippen LogP contribution < -0.4 is 5.73 Å². The van der Waals surface area contributed by atoms with Crippen LogP contribution in [0.4, 0.5) is 5.69 Å². The van der Waals surface area contributed by atoms with Gasteiger partial charge >= 0.3 is 0 Å². The third-order valence-corrected chi connectivity index (χ3v) is 5.67. The molecule has 2 heterocycles. The standard InChI is InChI=1S/C13H15N3O3S/c14-6-9-1-4-13(12(15)5-9)20(17,18)16-7-10-2-3-11(8-16)19-10/h1,4-5,10-11H,2-3,7-8,15H2. The quantitative estimate of drug-likeness (QED) is 0.809. The fourth-order valence-electron chi connectivity index (χ4n) is 2.77. The van der Waals surface area contributed by atoms with Crippen molar-refractivity contribution in [2.24, 2.45) is 0 Å². The number of nitrogen functional groups attached to an aromatic ring is 1. The van der Waals surface area contributed by atoms with Crippen LogP contribution in [0, 0.1) is 11.3 Å². The largest absolute Gasteiger partial charge is 0.398 e. The van der Waals surface area contributed by atoms with Gasteiger partial charge in [0.1, 0.15) is 4.90 Å². The molecule has 2 aliphatic rings. The molecule has 2 aliphatic heterocycles. The van der Waals surface area contributed by atoms with Crippen molar-refractivity contribution in [3.8, 4) is 6.07 Å². The van der Waals surface area contributed by atoms with E-state index in [-0.39, 0.29) is 22.8 Å². The molecule has 0 saturated carbocycles. The number of sulfonamides is 1. The zero-order valence-corrected chi connectivity index (χ0v) is 11.6. The van der Waals surface area contributed by atoms with E-state index in [2.05, 4.69) is 0 Å². The number of anilines is 1. The van der Waals surface area contributed by atoms with Crippen LogP contribution in [0.1, 0.15) is 18.4 Å². The van der Waals surface area contributed by atoms with Gasteiger partial charge in [-0.1, -0.05) is 0 Å². The van der Waals surface area contributed by atoms with E-state index >= 15 is 0 Å². The van der Waals surface area contributed by atoms with Crippen LogP contribution in [0.3, 0.4) is 0 Å². The number of benzene rings is 1. The Kier molecular flexibility index (Phi) is 3.17. The second-order valence-electron chi connectivity index (χ2n) is 5.14. The number of fused-ring (bicyclic) bond motifs is 2. The van der Waals surface area contributed by atoms with Crippen molar-refractivity contribution in [3.63, 3.8) is 0 Å². The van der Waals surface area contributed by atoms with Crippen molar-refractivity contribution in [3.05, 3.63) is 23.8 Å². The summed E-state index contributed by atoms with van der Waals surface area (Å²) in [6.07, 6.45) is 1.78. The van der Waals surface area contributed by atoms with Crippen molar-refractivity contribution in [2.45, 2.75) is 29.9 Å². The molecule has 0 aliphatic carbocycles. The summed E-state index contributed by atoms with van der Waals surface area (Å²) in [5.74, 6) is 0. The molecule has 2 unspecified atom stereocenters.